The minimum atomic E-state index is -0.394. The Morgan fingerprint density at radius 1 is 1.16 bits per heavy atom. The first kappa shape index (κ1) is 13.1. The smallest absolute Gasteiger partial charge is 0.343 e. The molecule has 2 rings (SSSR count). The van der Waals surface area contributed by atoms with Gasteiger partial charge in [-0.05, 0) is 42.3 Å². The minimum absolute atomic E-state index is 0.166. The van der Waals surface area contributed by atoms with Gasteiger partial charge in [-0.3, -0.25) is 0 Å². The van der Waals surface area contributed by atoms with Gasteiger partial charge in [0.1, 0.15) is 11.5 Å². The van der Waals surface area contributed by atoms with Crippen LogP contribution >= 0.6 is 0 Å². The Labute approximate surface area is 112 Å². The maximum Gasteiger partial charge on any atom is 0.343 e. The van der Waals surface area contributed by atoms with Gasteiger partial charge >= 0.3 is 5.97 Å². The van der Waals surface area contributed by atoms with E-state index in [1.807, 2.05) is 25.1 Å². The Morgan fingerprint density at radius 3 is 2.58 bits per heavy atom. The molecular weight excluding hydrogens is 240 g/mol. The van der Waals surface area contributed by atoms with Crippen molar-refractivity contribution < 1.29 is 14.6 Å². The molecule has 0 amide bonds. The monoisotopic (exact) mass is 256 g/mol. The molecule has 0 heterocycles. The fraction of sp³-hybridized carbons (Fsp3) is 0.188. The number of para-hydroxylation sites is 1. The molecule has 2 aromatic rings. The van der Waals surface area contributed by atoms with Crippen LogP contribution in [0.25, 0.3) is 0 Å². The zero-order valence-corrected chi connectivity index (χ0v) is 10.8. The molecule has 3 nitrogen and oxygen atoms in total. The molecule has 0 aliphatic carbocycles. The van der Waals surface area contributed by atoms with Crippen molar-refractivity contribution >= 4 is 5.97 Å². The molecule has 3 heteroatoms. The summed E-state index contributed by atoms with van der Waals surface area (Å²) in [5, 5.41) is 9.48. The lowest BCUT2D eigenvalue weighted by Gasteiger charge is -2.09. The number of ether oxygens (including phenoxy) is 1. The highest BCUT2D eigenvalue weighted by atomic mass is 16.5. The lowest BCUT2D eigenvalue weighted by atomic mass is 10.0. The van der Waals surface area contributed by atoms with Crippen LogP contribution in [-0.2, 0) is 6.42 Å². The Morgan fingerprint density at radius 2 is 1.89 bits per heavy atom. The van der Waals surface area contributed by atoms with E-state index in [1.165, 1.54) is 6.07 Å². The fourth-order valence-corrected chi connectivity index (χ4v) is 1.91. The number of aromatic hydroxyl groups is 1. The summed E-state index contributed by atoms with van der Waals surface area (Å²) in [4.78, 5) is 12.1. The number of carbonyl (C=O) groups is 1. The summed E-state index contributed by atoms with van der Waals surface area (Å²) >= 11 is 0. The molecule has 0 aromatic heterocycles. The van der Waals surface area contributed by atoms with Gasteiger partial charge in [0.05, 0.1) is 5.56 Å². The molecule has 0 aliphatic rings. The number of rotatable bonds is 4. The number of phenolic OH excluding ortho intramolecular Hbond substituents is 1. The molecule has 0 saturated carbocycles. The third-order valence-electron chi connectivity index (χ3n) is 2.78. The topological polar surface area (TPSA) is 46.5 Å². The third kappa shape index (κ3) is 3.35. The SMILES string of the molecule is CCCc1cc(O)ccc1C(=O)Oc1ccccc1. The van der Waals surface area contributed by atoms with Gasteiger partial charge in [0, 0.05) is 0 Å². The first-order valence-corrected chi connectivity index (χ1v) is 6.30. The van der Waals surface area contributed by atoms with Crippen LogP contribution in [0, 0.1) is 0 Å². The van der Waals surface area contributed by atoms with Crippen LogP contribution in [0.5, 0.6) is 11.5 Å². The maximum atomic E-state index is 12.1. The number of benzene rings is 2. The molecule has 0 saturated heterocycles. The van der Waals surface area contributed by atoms with E-state index in [1.54, 1.807) is 24.3 Å². The molecule has 0 fully saturated rings. The Bertz CT molecular complexity index is 561. The summed E-state index contributed by atoms with van der Waals surface area (Å²) < 4.78 is 5.31. The van der Waals surface area contributed by atoms with Crippen LogP contribution in [0.4, 0.5) is 0 Å². The van der Waals surface area contributed by atoms with Crippen molar-refractivity contribution in [2.24, 2.45) is 0 Å². The molecule has 1 N–H and O–H groups in total. The predicted molar refractivity (Wildman–Crippen MR) is 73.5 cm³/mol. The number of aryl methyl sites for hydroxylation is 1. The molecule has 98 valence electrons. The molecule has 0 radical (unpaired) electrons. The fourth-order valence-electron chi connectivity index (χ4n) is 1.91. The second-order valence-electron chi connectivity index (χ2n) is 4.29. The zero-order chi connectivity index (χ0) is 13.7. The molecule has 19 heavy (non-hydrogen) atoms. The van der Waals surface area contributed by atoms with Gasteiger partial charge in [0.25, 0.3) is 0 Å². The van der Waals surface area contributed by atoms with E-state index < -0.39 is 5.97 Å². The van der Waals surface area contributed by atoms with Gasteiger partial charge in [0.15, 0.2) is 0 Å². The molecule has 0 aliphatic heterocycles. The van der Waals surface area contributed by atoms with Gasteiger partial charge < -0.3 is 9.84 Å². The van der Waals surface area contributed by atoms with Crippen LogP contribution < -0.4 is 4.74 Å². The molecule has 0 spiro atoms. The first-order valence-electron chi connectivity index (χ1n) is 6.30. The first-order chi connectivity index (χ1) is 9.20. The van der Waals surface area contributed by atoms with Gasteiger partial charge in [-0.15, -0.1) is 0 Å². The minimum Gasteiger partial charge on any atom is -0.508 e. The molecule has 0 unspecified atom stereocenters. The maximum absolute atomic E-state index is 12.1. The Hall–Kier alpha value is -2.29. The van der Waals surface area contributed by atoms with E-state index in [2.05, 4.69) is 0 Å². The van der Waals surface area contributed by atoms with Crippen molar-refractivity contribution in [3.63, 3.8) is 0 Å². The van der Waals surface area contributed by atoms with Crippen LogP contribution in [0.3, 0.4) is 0 Å². The summed E-state index contributed by atoms with van der Waals surface area (Å²) in [6.45, 7) is 2.02. The highest BCUT2D eigenvalue weighted by Crippen LogP contribution is 2.20. The average Bonchev–Trinajstić information content (AvgIpc) is 2.40. The third-order valence-corrected chi connectivity index (χ3v) is 2.78. The highest BCUT2D eigenvalue weighted by molar-refractivity contribution is 5.92. The lowest BCUT2D eigenvalue weighted by molar-refractivity contribution is 0.0733. The van der Waals surface area contributed by atoms with Gasteiger partial charge in [-0.25, -0.2) is 4.79 Å². The normalized spacial score (nSPS) is 10.2. The number of hydrogen-bond donors (Lipinski definition) is 1. The van der Waals surface area contributed by atoms with E-state index in [0.29, 0.717) is 11.3 Å². The van der Waals surface area contributed by atoms with E-state index in [9.17, 15) is 9.90 Å². The molecule has 0 atom stereocenters. The van der Waals surface area contributed by atoms with Crippen LogP contribution in [-0.4, -0.2) is 11.1 Å². The summed E-state index contributed by atoms with van der Waals surface area (Å²) in [5.74, 6) is 0.289. The summed E-state index contributed by atoms with van der Waals surface area (Å²) in [6.07, 6.45) is 1.63. The van der Waals surface area contributed by atoms with E-state index in [-0.39, 0.29) is 5.75 Å². The standard InChI is InChI=1S/C16H16O3/c1-2-6-12-11-13(17)9-10-15(12)16(18)19-14-7-4-3-5-8-14/h3-5,7-11,17H,2,6H2,1H3. The average molecular weight is 256 g/mol. The van der Waals surface area contributed by atoms with Crippen molar-refractivity contribution in [1.29, 1.82) is 0 Å². The second-order valence-corrected chi connectivity index (χ2v) is 4.29. The van der Waals surface area contributed by atoms with Crippen molar-refractivity contribution in [2.75, 3.05) is 0 Å². The summed E-state index contributed by atoms with van der Waals surface area (Å²) in [7, 11) is 0. The number of esters is 1. The van der Waals surface area contributed by atoms with Crippen LogP contribution in [0.2, 0.25) is 0 Å². The van der Waals surface area contributed by atoms with Crippen LogP contribution in [0.1, 0.15) is 29.3 Å². The Balaban J connectivity index is 2.23. The number of hydrogen-bond acceptors (Lipinski definition) is 3. The quantitative estimate of drug-likeness (QED) is 0.672. The second kappa shape index (κ2) is 6.05. The lowest BCUT2D eigenvalue weighted by Crippen LogP contribution is -2.11. The molecule has 2 aromatic carbocycles. The Kier molecular flexibility index (Phi) is 4.18. The largest absolute Gasteiger partial charge is 0.508 e. The van der Waals surface area contributed by atoms with Crippen LogP contribution in [0.15, 0.2) is 48.5 Å². The molecule has 0 bridgehead atoms. The van der Waals surface area contributed by atoms with Crippen molar-refractivity contribution in [3.8, 4) is 11.5 Å². The van der Waals surface area contributed by atoms with Crippen molar-refractivity contribution in [2.45, 2.75) is 19.8 Å². The van der Waals surface area contributed by atoms with E-state index in [4.69, 9.17) is 4.74 Å². The highest BCUT2D eigenvalue weighted by Gasteiger charge is 2.13. The number of phenols is 1. The van der Waals surface area contributed by atoms with E-state index >= 15 is 0 Å². The summed E-state index contributed by atoms with van der Waals surface area (Å²) in [5.41, 5.74) is 1.31. The molecular formula is C16H16O3. The van der Waals surface area contributed by atoms with E-state index in [0.717, 1.165) is 18.4 Å². The predicted octanol–water partition coefficient (Wildman–Crippen LogP) is 3.56. The zero-order valence-electron chi connectivity index (χ0n) is 10.8. The summed E-state index contributed by atoms with van der Waals surface area (Å²) in [6, 6.07) is 13.7. The van der Waals surface area contributed by atoms with Gasteiger partial charge in [-0.2, -0.15) is 0 Å². The number of carbonyl (C=O) groups excluding carboxylic acids is 1. The van der Waals surface area contributed by atoms with Crippen molar-refractivity contribution in [1.82, 2.24) is 0 Å². The van der Waals surface area contributed by atoms with Gasteiger partial charge in [-0.1, -0.05) is 31.5 Å². The van der Waals surface area contributed by atoms with Gasteiger partial charge in [0.2, 0.25) is 0 Å². The van der Waals surface area contributed by atoms with Crippen molar-refractivity contribution in [3.05, 3.63) is 59.7 Å².